The first-order valence-electron chi connectivity index (χ1n) is 18.7. The van der Waals surface area contributed by atoms with E-state index >= 15 is 0 Å². The van der Waals surface area contributed by atoms with Gasteiger partial charge in [-0.1, -0.05) is 103 Å². The van der Waals surface area contributed by atoms with E-state index in [4.69, 9.17) is 0 Å². The summed E-state index contributed by atoms with van der Waals surface area (Å²) in [4.78, 5) is 0. The summed E-state index contributed by atoms with van der Waals surface area (Å²) in [6.07, 6.45) is 0. The number of rotatable bonds is 4. The molecule has 262 valence electrons. The van der Waals surface area contributed by atoms with Gasteiger partial charge in [-0.15, -0.1) is 0 Å². The van der Waals surface area contributed by atoms with Gasteiger partial charge in [0.1, 0.15) is 12.1 Å². The van der Waals surface area contributed by atoms with Crippen molar-refractivity contribution in [3.8, 4) is 46.4 Å². The molecule has 3 aromatic heterocycles. The van der Waals surface area contributed by atoms with E-state index in [9.17, 15) is 15.8 Å². The lowest BCUT2D eigenvalue weighted by Crippen LogP contribution is -2.04. The highest BCUT2D eigenvalue weighted by molar-refractivity contribution is 6.19. The average Bonchev–Trinajstić information content (AvgIpc) is 3.90. The first-order valence-corrected chi connectivity index (χ1v) is 18.7. The van der Waals surface area contributed by atoms with Crippen molar-refractivity contribution in [3.63, 3.8) is 0 Å². The van der Waals surface area contributed by atoms with E-state index in [1.54, 1.807) is 6.07 Å². The van der Waals surface area contributed by atoms with E-state index in [1.165, 1.54) is 0 Å². The summed E-state index contributed by atoms with van der Waals surface area (Å²) >= 11 is 0. The molecule has 0 aliphatic rings. The molecule has 0 aliphatic carbocycles. The van der Waals surface area contributed by atoms with E-state index in [0.717, 1.165) is 82.4 Å². The molecule has 0 N–H and O–H groups in total. The Balaban J connectivity index is 1.22. The minimum absolute atomic E-state index is 0.275. The third kappa shape index (κ3) is 4.55. The number of aromatic nitrogens is 3. The highest BCUT2D eigenvalue weighted by Crippen LogP contribution is 2.43. The molecule has 0 fully saturated rings. The molecular weight excluding hydrogens is 697 g/mol. The zero-order valence-electron chi connectivity index (χ0n) is 30.3. The van der Waals surface area contributed by atoms with Crippen LogP contribution < -0.4 is 0 Å². The quantitative estimate of drug-likeness (QED) is 0.181. The molecule has 8 aromatic carbocycles. The largest absolute Gasteiger partial charge is 0.309 e. The summed E-state index contributed by atoms with van der Waals surface area (Å²) in [5.74, 6) is 0. The number of nitriles is 3. The first kappa shape index (κ1) is 32.1. The maximum Gasteiger partial charge on any atom is 0.103 e. The number of para-hydroxylation sites is 5. The van der Waals surface area contributed by atoms with Crippen LogP contribution in [0.25, 0.3) is 93.6 Å². The SMILES string of the molecule is N#Cc1ccc(-c2ccc(-n3c4ccccc4c4ccccc43)c(C#N)c2C#N)c(-n2c3ccccc3c3cc4c(cc32)c2ccccc2n4-c2ccccc2)c1. The number of nitrogens with zero attached hydrogens (tertiary/aromatic N) is 6. The molecular formula is C51H28N6. The third-order valence-electron chi connectivity index (χ3n) is 11.4. The van der Waals surface area contributed by atoms with Crippen LogP contribution in [-0.4, -0.2) is 13.7 Å². The van der Waals surface area contributed by atoms with Crippen LogP contribution in [0.5, 0.6) is 0 Å². The lowest BCUT2D eigenvalue weighted by atomic mass is 9.93. The lowest BCUT2D eigenvalue weighted by molar-refractivity contribution is 1.16. The highest BCUT2D eigenvalue weighted by atomic mass is 15.0. The van der Waals surface area contributed by atoms with Crippen molar-refractivity contribution in [2.45, 2.75) is 0 Å². The molecule has 57 heavy (non-hydrogen) atoms. The maximum atomic E-state index is 10.9. The molecule has 6 nitrogen and oxygen atoms in total. The van der Waals surface area contributed by atoms with Crippen LogP contribution in [0.2, 0.25) is 0 Å². The van der Waals surface area contributed by atoms with Gasteiger partial charge in [-0.05, 0) is 66.7 Å². The molecule has 11 aromatic rings. The molecule has 6 heteroatoms. The topological polar surface area (TPSA) is 86.2 Å². The first-order chi connectivity index (χ1) is 28.2. The summed E-state index contributed by atoms with van der Waals surface area (Å²) < 4.78 is 6.61. The molecule has 3 heterocycles. The van der Waals surface area contributed by atoms with E-state index in [-0.39, 0.29) is 11.1 Å². The predicted octanol–water partition coefficient (Wildman–Crippen LogP) is 12.3. The van der Waals surface area contributed by atoms with Gasteiger partial charge in [0, 0.05) is 49.1 Å². The molecule has 0 unspecified atom stereocenters. The molecule has 0 radical (unpaired) electrons. The molecule has 0 bridgehead atoms. The van der Waals surface area contributed by atoms with Gasteiger partial charge in [0.15, 0.2) is 0 Å². The Kier molecular flexibility index (Phi) is 6.95. The molecule has 0 atom stereocenters. The standard InChI is InChI=1S/C51H28N6/c52-29-32-22-23-39(34-24-25-48(43(31-54)42(34)30-53)56-45-19-9-4-14-35(45)36-15-5-10-20-46(36)56)49(26-32)57-47-21-11-7-17-38(47)41-27-50-40(28-51(41)57)37-16-6-8-18-44(37)55(50)33-12-2-1-3-13-33/h1-28H. The second-order valence-electron chi connectivity index (χ2n) is 14.2. The van der Waals surface area contributed by atoms with Crippen LogP contribution >= 0.6 is 0 Å². The summed E-state index contributed by atoms with van der Waals surface area (Å²) in [6.45, 7) is 0. The molecule has 0 saturated heterocycles. The van der Waals surface area contributed by atoms with Gasteiger partial charge in [0.05, 0.1) is 67.2 Å². The van der Waals surface area contributed by atoms with Crippen LogP contribution in [0.4, 0.5) is 0 Å². The summed E-state index contributed by atoms with van der Waals surface area (Å²) in [5.41, 5.74) is 10.9. The second-order valence-corrected chi connectivity index (χ2v) is 14.2. The Morgan fingerprint density at radius 1 is 0.316 bits per heavy atom. The monoisotopic (exact) mass is 724 g/mol. The van der Waals surface area contributed by atoms with Crippen LogP contribution in [0.15, 0.2) is 170 Å². The Labute approximate surface area is 326 Å². The van der Waals surface area contributed by atoms with Gasteiger partial charge < -0.3 is 13.7 Å². The van der Waals surface area contributed by atoms with Crippen molar-refractivity contribution in [1.29, 1.82) is 15.8 Å². The van der Waals surface area contributed by atoms with Gasteiger partial charge in [0.2, 0.25) is 0 Å². The number of benzene rings is 8. The Morgan fingerprint density at radius 3 is 1.32 bits per heavy atom. The minimum atomic E-state index is 0.275. The fraction of sp³-hybridized carbons (Fsp3) is 0. The van der Waals surface area contributed by atoms with Crippen molar-refractivity contribution in [1.82, 2.24) is 13.7 Å². The van der Waals surface area contributed by atoms with Gasteiger partial charge in [0.25, 0.3) is 0 Å². The Hall–Kier alpha value is -8.37. The maximum absolute atomic E-state index is 10.9. The Morgan fingerprint density at radius 2 is 0.772 bits per heavy atom. The Bertz CT molecular complexity index is 3560. The van der Waals surface area contributed by atoms with Gasteiger partial charge >= 0.3 is 0 Å². The number of fused-ring (bicyclic) bond motifs is 9. The summed E-state index contributed by atoms with van der Waals surface area (Å²) in [7, 11) is 0. The van der Waals surface area contributed by atoms with Crippen LogP contribution in [0.1, 0.15) is 16.7 Å². The smallest absolute Gasteiger partial charge is 0.103 e. The molecule has 0 aliphatic heterocycles. The van der Waals surface area contributed by atoms with Crippen molar-refractivity contribution in [2.24, 2.45) is 0 Å². The minimum Gasteiger partial charge on any atom is -0.309 e. The second kappa shape index (κ2) is 12.3. The molecule has 11 rings (SSSR count). The zero-order valence-corrected chi connectivity index (χ0v) is 30.3. The third-order valence-corrected chi connectivity index (χ3v) is 11.4. The van der Waals surface area contributed by atoms with Crippen LogP contribution in [0, 0.1) is 34.0 Å². The average molecular weight is 725 g/mol. The van der Waals surface area contributed by atoms with Crippen molar-refractivity contribution in [2.75, 3.05) is 0 Å². The van der Waals surface area contributed by atoms with Crippen molar-refractivity contribution < 1.29 is 0 Å². The zero-order chi connectivity index (χ0) is 38.2. The fourth-order valence-corrected chi connectivity index (χ4v) is 8.97. The van der Waals surface area contributed by atoms with Gasteiger partial charge in [-0.3, -0.25) is 0 Å². The van der Waals surface area contributed by atoms with Crippen LogP contribution in [0.3, 0.4) is 0 Å². The van der Waals surface area contributed by atoms with Gasteiger partial charge in [-0.25, -0.2) is 0 Å². The van der Waals surface area contributed by atoms with E-state index < -0.39 is 0 Å². The van der Waals surface area contributed by atoms with E-state index in [1.807, 2.05) is 72.8 Å². The van der Waals surface area contributed by atoms with Gasteiger partial charge in [-0.2, -0.15) is 15.8 Å². The van der Waals surface area contributed by atoms with E-state index in [0.29, 0.717) is 16.8 Å². The fourth-order valence-electron chi connectivity index (χ4n) is 8.97. The van der Waals surface area contributed by atoms with Crippen molar-refractivity contribution >= 4 is 65.4 Å². The molecule has 0 amide bonds. The summed E-state index contributed by atoms with van der Waals surface area (Å²) in [6, 6.07) is 64.7. The molecule has 0 spiro atoms. The lowest BCUT2D eigenvalue weighted by Gasteiger charge is -2.18. The van der Waals surface area contributed by atoms with E-state index in [2.05, 4.69) is 123 Å². The van der Waals surface area contributed by atoms with Crippen LogP contribution in [-0.2, 0) is 0 Å². The number of hydrogen-bond donors (Lipinski definition) is 0. The van der Waals surface area contributed by atoms with Crippen molar-refractivity contribution in [3.05, 3.63) is 187 Å². The summed E-state index contributed by atoms with van der Waals surface area (Å²) in [5, 5.41) is 38.6. The number of hydrogen-bond acceptors (Lipinski definition) is 3. The normalized spacial score (nSPS) is 11.5. The molecule has 0 saturated carbocycles. The predicted molar refractivity (Wildman–Crippen MR) is 229 cm³/mol. The highest BCUT2D eigenvalue weighted by Gasteiger charge is 2.24.